The van der Waals surface area contributed by atoms with E-state index in [2.05, 4.69) is 58.3 Å². The average molecular weight is 435 g/mol. The normalized spacial score (nSPS) is 18.5. The summed E-state index contributed by atoms with van der Waals surface area (Å²) in [6.45, 7) is 4.49. The van der Waals surface area contributed by atoms with Crippen LogP contribution in [0.5, 0.6) is 0 Å². The van der Waals surface area contributed by atoms with Crippen molar-refractivity contribution in [2.24, 2.45) is 5.92 Å². The number of ether oxygens (including phenoxy) is 1. The monoisotopic (exact) mass is 434 g/mol. The minimum absolute atomic E-state index is 0. The topological polar surface area (TPSA) is 53.0 Å². The number of halogens is 1. The maximum absolute atomic E-state index is 11.2. The predicted molar refractivity (Wildman–Crippen MR) is 119 cm³/mol. The van der Waals surface area contributed by atoms with Crippen molar-refractivity contribution in [3.8, 4) is 0 Å². The molecule has 1 unspecified atom stereocenters. The maximum Gasteiger partial charge on any atom is 0.307 e. The van der Waals surface area contributed by atoms with Gasteiger partial charge in [-0.1, -0.05) is 36.0 Å². The summed E-state index contributed by atoms with van der Waals surface area (Å²) in [4.78, 5) is 18.3. The molecule has 0 saturated carbocycles. The highest BCUT2D eigenvalue weighted by Gasteiger charge is 2.25. The zero-order valence-corrected chi connectivity index (χ0v) is 18.0. The molecule has 1 N–H and O–H groups in total. The van der Waals surface area contributed by atoms with Crippen molar-refractivity contribution >= 4 is 41.5 Å². The predicted octanol–water partition coefficient (Wildman–Crippen LogP) is 4.52. The van der Waals surface area contributed by atoms with Crippen molar-refractivity contribution in [1.82, 2.24) is 4.90 Å². The van der Waals surface area contributed by atoms with Gasteiger partial charge in [0.1, 0.15) is 0 Å². The first-order valence-corrected chi connectivity index (χ1v) is 10.7. The van der Waals surface area contributed by atoms with Gasteiger partial charge in [0.15, 0.2) is 0 Å². The van der Waals surface area contributed by atoms with Gasteiger partial charge >= 0.3 is 5.97 Å². The zero-order valence-electron chi connectivity index (χ0n) is 16.3. The van der Waals surface area contributed by atoms with Gasteiger partial charge in [-0.25, -0.2) is 0 Å². The van der Waals surface area contributed by atoms with Crippen molar-refractivity contribution in [3.05, 3.63) is 48.5 Å². The van der Waals surface area contributed by atoms with Crippen LogP contribution in [0.3, 0.4) is 0 Å². The van der Waals surface area contributed by atoms with Gasteiger partial charge in [-0.3, -0.25) is 4.79 Å². The number of anilines is 2. The second-order valence-corrected chi connectivity index (χ2v) is 8.36. The maximum atomic E-state index is 11.2. The van der Waals surface area contributed by atoms with Crippen LogP contribution in [0.4, 0.5) is 11.4 Å². The first kappa shape index (κ1) is 22.0. The van der Waals surface area contributed by atoms with Crippen LogP contribution < -0.4 is 4.90 Å². The molecule has 2 aromatic rings. The Hall–Kier alpha value is -1.73. The number of hydrogen-bond donors (Lipinski definition) is 1. The van der Waals surface area contributed by atoms with E-state index in [1.165, 1.54) is 21.2 Å². The summed E-state index contributed by atoms with van der Waals surface area (Å²) in [6.07, 6.45) is 1.74. The van der Waals surface area contributed by atoms with Crippen molar-refractivity contribution in [2.75, 3.05) is 44.3 Å². The summed E-state index contributed by atoms with van der Waals surface area (Å²) in [6, 6.07) is 17.0. The van der Waals surface area contributed by atoms with E-state index in [0.717, 1.165) is 32.5 Å². The molecule has 2 heterocycles. The summed E-state index contributed by atoms with van der Waals surface area (Å²) >= 11 is 1.81. The molecule has 156 valence electrons. The Labute approximate surface area is 182 Å². The van der Waals surface area contributed by atoms with E-state index >= 15 is 0 Å². The molecule has 0 aliphatic carbocycles. The summed E-state index contributed by atoms with van der Waals surface area (Å²) in [5, 5.41) is 9.21. The summed E-state index contributed by atoms with van der Waals surface area (Å²) in [7, 11) is 0. The molecule has 0 aromatic heterocycles. The molecule has 0 amide bonds. The Morgan fingerprint density at radius 2 is 1.66 bits per heavy atom. The van der Waals surface area contributed by atoms with Gasteiger partial charge < -0.3 is 19.6 Å². The molecule has 1 saturated heterocycles. The SMILES string of the molecule is Cl.O=C(O)C1CCCN(CCOCCN2c3ccccc3Sc3ccccc32)C1. The van der Waals surface area contributed by atoms with Gasteiger partial charge in [0, 0.05) is 29.4 Å². The number of nitrogens with zero attached hydrogens (tertiary/aromatic N) is 2. The molecule has 5 nitrogen and oxygen atoms in total. The lowest BCUT2D eigenvalue weighted by molar-refractivity contribution is -0.143. The molecule has 2 aliphatic rings. The third kappa shape index (κ3) is 5.25. The number of aliphatic carboxylic acids is 1. The van der Waals surface area contributed by atoms with Gasteiger partial charge in [-0.05, 0) is 43.7 Å². The van der Waals surface area contributed by atoms with E-state index in [-0.39, 0.29) is 18.3 Å². The lowest BCUT2D eigenvalue weighted by atomic mass is 9.98. The van der Waals surface area contributed by atoms with Crippen LogP contribution in [-0.4, -0.2) is 55.4 Å². The number of para-hydroxylation sites is 2. The van der Waals surface area contributed by atoms with E-state index in [9.17, 15) is 9.90 Å². The van der Waals surface area contributed by atoms with Crippen molar-refractivity contribution < 1.29 is 14.6 Å². The Balaban J connectivity index is 0.00000240. The minimum Gasteiger partial charge on any atom is -0.481 e. The molecule has 4 rings (SSSR count). The zero-order chi connectivity index (χ0) is 19.3. The fourth-order valence-corrected chi connectivity index (χ4v) is 5.03. The highest BCUT2D eigenvalue weighted by atomic mass is 35.5. The summed E-state index contributed by atoms with van der Waals surface area (Å²) < 4.78 is 5.93. The van der Waals surface area contributed by atoms with Crippen LogP contribution in [0.15, 0.2) is 58.3 Å². The van der Waals surface area contributed by atoms with Crippen LogP contribution in [-0.2, 0) is 9.53 Å². The van der Waals surface area contributed by atoms with E-state index in [4.69, 9.17) is 4.74 Å². The Morgan fingerprint density at radius 1 is 1.03 bits per heavy atom. The van der Waals surface area contributed by atoms with Crippen LogP contribution in [0.1, 0.15) is 12.8 Å². The summed E-state index contributed by atoms with van der Waals surface area (Å²) in [5.41, 5.74) is 2.46. The number of rotatable bonds is 7. The lowest BCUT2D eigenvalue weighted by Crippen LogP contribution is -2.40. The van der Waals surface area contributed by atoms with Crippen LogP contribution in [0, 0.1) is 5.92 Å². The van der Waals surface area contributed by atoms with Crippen molar-refractivity contribution in [1.29, 1.82) is 0 Å². The van der Waals surface area contributed by atoms with E-state index in [0.29, 0.717) is 19.8 Å². The molecule has 29 heavy (non-hydrogen) atoms. The van der Waals surface area contributed by atoms with E-state index < -0.39 is 5.97 Å². The number of hydrogen-bond acceptors (Lipinski definition) is 5. The number of carboxylic acid groups (broad SMARTS) is 1. The first-order valence-electron chi connectivity index (χ1n) is 9.89. The number of piperidine rings is 1. The minimum atomic E-state index is -0.675. The van der Waals surface area contributed by atoms with Gasteiger partial charge in [0.25, 0.3) is 0 Å². The quantitative estimate of drug-likeness (QED) is 0.646. The van der Waals surface area contributed by atoms with Gasteiger partial charge in [-0.2, -0.15) is 0 Å². The Bertz CT molecular complexity index is 790. The smallest absolute Gasteiger partial charge is 0.307 e. The molecule has 2 aromatic carbocycles. The van der Waals surface area contributed by atoms with Gasteiger partial charge in [0.05, 0.1) is 30.5 Å². The number of benzene rings is 2. The highest BCUT2D eigenvalue weighted by molar-refractivity contribution is 7.99. The first-order chi connectivity index (χ1) is 13.7. The van der Waals surface area contributed by atoms with Crippen LogP contribution in [0.25, 0.3) is 0 Å². The molecule has 0 radical (unpaired) electrons. The largest absolute Gasteiger partial charge is 0.481 e. The fourth-order valence-electron chi connectivity index (χ4n) is 3.93. The van der Waals surface area contributed by atoms with Gasteiger partial charge in [0.2, 0.25) is 0 Å². The standard InChI is InChI=1S/C22H26N2O3S.ClH/c25-22(26)17-6-5-11-23(16-17)12-14-27-15-13-24-18-7-1-3-9-20(18)28-21-10-4-2-8-19(21)24;/h1-4,7-10,17H,5-6,11-16H2,(H,25,26);1H. The molecule has 0 spiro atoms. The van der Waals surface area contributed by atoms with E-state index in [1.807, 2.05) is 11.8 Å². The third-order valence-electron chi connectivity index (χ3n) is 5.40. The molecule has 2 aliphatic heterocycles. The molecule has 7 heteroatoms. The molecule has 0 bridgehead atoms. The number of carbonyl (C=O) groups is 1. The van der Waals surface area contributed by atoms with Crippen LogP contribution in [0.2, 0.25) is 0 Å². The number of likely N-dealkylation sites (tertiary alicyclic amines) is 1. The molecule has 1 fully saturated rings. The van der Waals surface area contributed by atoms with Gasteiger partial charge in [-0.15, -0.1) is 12.4 Å². The Kier molecular flexibility index (Phi) is 7.84. The van der Waals surface area contributed by atoms with Crippen molar-refractivity contribution in [3.63, 3.8) is 0 Å². The highest BCUT2D eigenvalue weighted by Crippen LogP contribution is 2.47. The van der Waals surface area contributed by atoms with E-state index in [1.54, 1.807) is 0 Å². The van der Waals surface area contributed by atoms with Crippen molar-refractivity contribution in [2.45, 2.75) is 22.6 Å². The number of carboxylic acids is 1. The van der Waals surface area contributed by atoms with Crippen LogP contribution >= 0.6 is 24.2 Å². The summed E-state index contributed by atoms with van der Waals surface area (Å²) in [5.74, 6) is -0.904. The average Bonchev–Trinajstić information content (AvgIpc) is 2.73. The molecular formula is C22H27ClN2O3S. The lowest BCUT2D eigenvalue weighted by Gasteiger charge is -2.33. The second-order valence-electron chi connectivity index (χ2n) is 7.28. The number of fused-ring (bicyclic) bond motifs is 2. The molecule has 1 atom stereocenters. The third-order valence-corrected chi connectivity index (χ3v) is 6.53. The Morgan fingerprint density at radius 3 is 2.31 bits per heavy atom. The fraction of sp³-hybridized carbons (Fsp3) is 0.409. The molecular weight excluding hydrogens is 408 g/mol. The second kappa shape index (κ2) is 10.3.